The average Bonchev–Trinajstić information content (AvgIpc) is 3.19. The summed E-state index contributed by atoms with van der Waals surface area (Å²) in [5.41, 5.74) is 4.77. The molecule has 0 aromatic heterocycles. The standard InChI is InChI=1S/C28H25NO5/c1-17-26-22(15-29(16-33-26)18(2)20-7-5-4-6-8-20)14-23-25(30)24(34-27(17)23)13-19-9-11-21(12-10-19)28(31)32-3/h4-14,18H,15-16H2,1-3H3/b24-13-. The smallest absolute Gasteiger partial charge is 0.337 e. The molecule has 34 heavy (non-hydrogen) atoms. The first-order valence-corrected chi connectivity index (χ1v) is 11.2. The van der Waals surface area contributed by atoms with E-state index in [4.69, 9.17) is 14.2 Å². The summed E-state index contributed by atoms with van der Waals surface area (Å²) in [7, 11) is 1.34. The van der Waals surface area contributed by atoms with Gasteiger partial charge in [-0.3, -0.25) is 9.69 Å². The first-order chi connectivity index (χ1) is 16.5. The Morgan fingerprint density at radius 1 is 1.09 bits per heavy atom. The van der Waals surface area contributed by atoms with Crippen LogP contribution in [0.2, 0.25) is 0 Å². The van der Waals surface area contributed by atoms with Crippen LogP contribution >= 0.6 is 0 Å². The van der Waals surface area contributed by atoms with Crippen molar-refractivity contribution in [1.29, 1.82) is 0 Å². The molecule has 0 spiro atoms. The van der Waals surface area contributed by atoms with E-state index in [1.165, 1.54) is 12.7 Å². The molecule has 0 N–H and O–H groups in total. The van der Waals surface area contributed by atoms with Crippen LogP contribution in [0.25, 0.3) is 6.08 Å². The van der Waals surface area contributed by atoms with Crippen molar-refractivity contribution in [3.05, 3.63) is 99.8 Å². The lowest BCUT2D eigenvalue weighted by Crippen LogP contribution is -2.34. The third-order valence-electron chi connectivity index (χ3n) is 6.42. The summed E-state index contributed by atoms with van der Waals surface area (Å²) >= 11 is 0. The van der Waals surface area contributed by atoms with Gasteiger partial charge < -0.3 is 14.2 Å². The highest BCUT2D eigenvalue weighted by atomic mass is 16.5. The quantitative estimate of drug-likeness (QED) is 0.392. The second kappa shape index (κ2) is 8.80. The molecule has 3 aromatic rings. The second-order valence-electron chi connectivity index (χ2n) is 8.53. The maximum Gasteiger partial charge on any atom is 0.337 e. The number of carbonyl (C=O) groups is 2. The van der Waals surface area contributed by atoms with E-state index in [9.17, 15) is 9.59 Å². The highest BCUT2D eigenvalue weighted by Crippen LogP contribution is 2.44. The Morgan fingerprint density at radius 2 is 1.82 bits per heavy atom. The molecule has 3 aromatic carbocycles. The molecule has 0 aliphatic carbocycles. The van der Waals surface area contributed by atoms with Gasteiger partial charge >= 0.3 is 5.97 Å². The number of allylic oxidation sites excluding steroid dienone is 1. The number of esters is 1. The van der Waals surface area contributed by atoms with Crippen molar-refractivity contribution in [3.8, 4) is 11.5 Å². The van der Waals surface area contributed by atoms with Gasteiger partial charge in [0.2, 0.25) is 5.78 Å². The monoisotopic (exact) mass is 455 g/mol. The number of fused-ring (bicyclic) bond motifs is 2. The lowest BCUT2D eigenvalue weighted by molar-refractivity contribution is 0.0600. The van der Waals surface area contributed by atoms with Crippen molar-refractivity contribution >= 4 is 17.8 Å². The van der Waals surface area contributed by atoms with Crippen LogP contribution in [0.4, 0.5) is 0 Å². The fourth-order valence-corrected chi connectivity index (χ4v) is 4.44. The molecule has 0 fully saturated rings. The van der Waals surface area contributed by atoms with Crippen LogP contribution in [-0.4, -0.2) is 30.5 Å². The van der Waals surface area contributed by atoms with Crippen LogP contribution < -0.4 is 9.47 Å². The van der Waals surface area contributed by atoms with Crippen LogP contribution in [0, 0.1) is 6.92 Å². The molecule has 6 heteroatoms. The summed E-state index contributed by atoms with van der Waals surface area (Å²) in [5.74, 6) is 1.01. The summed E-state index contributed by atoms with van der Waals surface area (Å²) < 4.78 is 16.9. The van der Waals surface area contributed by atoms with Crippen molar-refractivity contribution < 1.29 is 23.8 Å². The zero-order valence-electron chi connectivity index (χ0n) is 19.3. The van der Waals surface area contributed by atoms with Crippen LogP contribution in [0.3, 0.4) is 0 Å². The second-order valence-corrected chi connectivity index (χ2v) is 8.53. The number of rotatable bonds is 4. The molecule has 0 amide bonds. The predicted molar refractivity (Wildman–Crippen MR) is 128 cm³/mol. The Kier molecular flexibility index (Phi) is 5.67. The number of Topliss-reactive ketones (excluding diaryl/α,β-unsaturated/α-hetero) is 1. The van der Waals surface area contributed by atoms with Crippen molar-refractivity contribution in [2.24, 2.45) is 0 Å². The van der Waals surface area contributed by atoms with Crippen LogP contribution in [0.15, 0.2) is 66.4 Å². The van der Waals surface area contributed by atoms with Gasteiger partial charge in [-0.1, -0.05) is 42.5 Å². The lowest BCUT2D eigenvalue weighted by atomic mass is 9.99. The Labute approximate surface area is 198 Å². The molecule has 1 unspecified atom stereocenters. The first-order valence-electron chi connectivity index (χ1n) is 11.2. The van der Waals surface area contributed by atoms with Crippen molar-refractivity contribution in [2.75, 3.05) is 13.8 Å². The molecular weight excluding hydrogens is 430 g/mol. The fraction of sp³-hybridized carbons (Fsp3) is 0.214. The number of ketones is 1. The Hall–Kier alpha value is -3.90. The maximum atomic E-state index is 13.2. The van der Waals surface area contributed by atoms with Gasteiger partial charge in [0.15, 0.2) is 5.76 Å². The molecule has 172 valence electrons. The number of carbonyl (C=O) groups excluding carboxylic acids is 2. The van der Waals surface area contributed by atoms with E-state index in [2.05, 4.69) is 24.0 Å². The molecule has 2 aliphatic heterocycles. The Morgan fingerprint density at radius 3 is 2.53 bits per heavy atom. The van der Waals surface area contributed by atoms with Crippen molar-refractivity contribution in [3.63, 3.8) is 0 Å². The number of ether oxygens (including phenoxy) is 3. The Bertz CT molecular complexity index is 1290. The molecule has 5 rings (SSSR count). The molecular formula is C28H25NO5. The summed E-state index contributed by atoms with van der Waals surface area (Å²) in [6.45, 7) is 5.23. The summed E-state index contributed by atoms with van der Waals surface area (Å²) in [4.78, 5) is 27.1. The lowest BCUT2D eigenvalue weighted by Gasteiger charge is -2.34. The van der Waals surface area contributed by atoms with Gasteiger partial charge in [0.1, 0.15) is 18.2 Å². The summed E-state index contributed by atoms with van der Waals surface area (Å²) in [6.07, 6.45) is 1.69. The number of benzene rings is 3. The third kappa shape index (κ3) is 3.86. The fourth-order valence-electron chi connectivity index (χ4n) is 4.44. The highest BCUT2D eigenvalue weighted by Gasteiger charge is 2.34. The molecule has 0 saturated carbocycles. The summed E-state index contributed by atoms with van der Waals surface area (Å²) in [6, 6.07) is 19.2. The van der Waals surface area contributed by atoms with E-state index in [0.717, 1.165) is 22.4 Å². The van der Waals surface area contributed by atoms with Gasteiger partial charge in [0, 0.05) is 23.7 Å². The van der Waals surface area contributed by atoms with Gasteiger partial charge in [0.05, 0.1) is 18.2 Å². The predicted octanol–water partition coefficient (Wildman–Crippen LogP) is 5.31. The van der Waals surface area contributed by atoms with Crippen molar-refractivity contribution in [1.82, 2.24) is 4.90 Å². The van der Waals surface area contributed by atoms with E-state index in [0.29, 0.717) is 30.2 Å². The maximum absolute atomic E-state index is 13.2. The molecule has 2 aliphatic rings. The van der Waals surface area contributed by atoms with Gasteiger partial charge in [-0.05, 0) is 49.2 Å². The zero-order chi connectivity index (χ0) is 23.8. The van der Waals surface area contributed by atoms with Crippen LogP contribution in [-0.2, 0) is 11.3 Å². The van der Waals surface area contributed by atoms with Gasteiger partial charge in [-0.25, -0.2) is 4.79 Å². The average molecular weight is 456 g/mol. The number of hydrogen-bond donors (Lipinski definition) is 0. The largest absolute Gasteiger partial charge is 0.477 e. The van der Waals surface area contributed by atoms with Gasteiger partial charge in [-0.2, -0.15) is 0 Å². The number of methoxy groups -OCH3 is 1. The first kappa shape index (κ1) is 21.9. The van der Waals surface area contributed by atoms with E-state index >= 15 is 0 Å². The highest BCUT2D eigenvalue weighted by molar-refractivity contribution is 6.15. The molecule has 0 saturated heterocycles. The van der Waals surface area contributed by atoms with E-state index < -0.39 is 5.97 Å². The van der Waals surface area contributed by atoms with E-state index in [1.807, 2.05) is 31.2 Å². The third-order valence-corrected chi connectivity index (χ3v) is 6.42. The molecule has 2 heterocycles. The number of hydrogen-bond acceptors (Lipinski definition) is 6. The van der Waals surface area contributed by atoms with E-state index in [-0.39, 0.29) is 17.6 Å². The minimum Gasteiger partial charge on any atom is -0.477 e. The van der Waals surface area contributed by atoms with E-state index in [1.54, 1.807) is 30.3 Å². The van der Waals surface area contributed by atoms with Crippen LogP contribution in [0.1, 0.15) is 55.9 Å². The minimum absolute atomic E-state index is 0.161. The zero-order valence-corrected chi connectivity index (χ0v) is 19.3. The molecule has 6 nitrogen and oxygen atoms in total. The number of nitrogens with zero attached hydrogens (tertiary/aromatic N) is 1. The molecule has 0 radical (unpaired) electrons. The molecule has 1 atom stereocenters. The van der Waals surface area contributed by atoms with Gasteiger partial charge in [-0.15, -0.1) is 0 Å². The summed E-state index contributed by atoms with van der Waals surface area (Å²) in [5, 5.41) is 0. The van der Waals surface area contributed by atoms with Gasteiger partial charge in [0.25, 0.3) is 0 Å². The molecule has 0 bridgehead atoms. The SMILES string of the molecule is COC(=O)c1ccc(/C=C2\Oc3c(cc4c(c3C)OCN(C(C)c3ccccc3)C4)C2=O)cc1. The Balaban J connectivity index is 1.41. The van der Waals surface area contributed by atoms with Crippen molar-refractivity contribution in [2.45, 2.75) is 26.4 Å². The minimum atomic E-state index is -0.406. The van der Waals surface area contributed by atoms with Crippen LogP contribution in [0.5, 0.6) is 11.5 Å². The normalized spacial score (nSPS) is 16.9. The topological polar surface area (TPSA) is 65.1 Å².